The molecule has 2 aromatic heterocycles. The molecule has 0 atom stereocenters. The molecule has 106 valence electrons. The molecule has 7 nitrogen and oxygen atoms in total. The predicted molar refractivity (Wildman–Crippen MR) is 73.3 cm³/mol. The number of carbonyl (C=O) groups excluding carboxylic acids is 1. The number of anilines is 1. The maximum Gasteiger partial charge on any atom is 0.358 e. The lowest BCUT2D eigenvalue weighted by Crippen LogP contribution is -2.08. The lowest BCUT2D eigenvalue weighted by molar-refractivity contribution is 0.0593. The predicted octanol–water partition coefficient (Wildman–Crippen LogP) is 1.17. The molecule has 0 aliphatic carbocycles. The molecule has 0 bridgehead atoms. The molecule has 0 unspecified atom stereocenters. The largest absolute Gasteiger partial charge is 0.464 e. The first-order valence-corrected chi connectivity index (χ1v) is 6.31. The Labute approximate surface area is 117 Å². The zero-order valence-corrected chi connectivity index (χ0v) is 11.8. The maximum absolute atomic E-state index is 11.2. The lowest BCUT2D eigenvalue weighted by Gasteiger charge is -2.04. The Balaban J connectivity index is 2.02. The summed E-state index contributed by atoms with van der Waals surface area (Å²) in [6.07, 6.45) is 2.85. The van der Waals surface area contributed by atoms with Gasteiger partial charge in [0.15, 0.2) is 5.69 Å². The van der Waals surface area contributed by atoms with Crippen LogP contribution in [-0.4, -0.2) is 33.1 Å². The van der Waals surface area contributed by atoms with Gasteiger partial charge < -0.3 is 10.1 Å². The van der Waals surface area contributed by atoms with Gasteiger partial charge in [0.05, 0.1) is 12.8 Å². The number of ether oxygens (including phenoxy) is 1. The minimum absolute atomic E-state index is 0.189. The summed E-state index contributed by atoms with van der Waals surface area (Å²) >= 11 is 0. The molecule has 20 heavy (non-hydrogen) atoms. The number of nitrogens with zero attached hydrogens (tertiary/aromatic N) is 4. The number of carbonyl (C=O) groups is 1. The van der Waals surface area contributed by atoms with E-state index in [0.29, 0.717) is 12.4 Å². The Hall–Kier alpha value is -2.44. The van der Waals surface area contributed by atoms with E-state index in [-0.39, 0.29) is 5.69 Å². The van der Waals surface area contributed by atoms with Gasteiger partial charge in [0.1, 0.15) is 5.82 Å². The van der Waals surface area contributed by atoms with Crippen LogP contribution in [0.4, 0.5) is 5.82 Å². The fourth-order valence-corrected chi connectivity index (χ4v) is 1.85. The summed E-state index contributed by atoms with van der Waals surface area (Å²) in [4.78, 5) is 11.2. The third-order valence-electron chi connectivity index (χ3n) is 2.85. The van der Waals surface area contributed by atoms with E-state index in [2.05, 4.69) is 32.3 Å². The molecule has 0 aliphatic rings. The Morgan fingerprint density at radius 3 is 2.80 bits per heavy atom. The van der Waals surface area contributed by atoms with Gasteiger partial charge in [-0.05, 0) is 18.6 Å². The maximum atomic E-state index is 11.2. The van der Waals surface area contributed by atoms with Crippen LogP contribution in [0.5, 0.6) is 0 Å². The lowest BCUT2D eigenvalue weighted by atomic mass is 10.2. The number of rotatable bonds is 5. The van der Waals surface area contributed by atoms with Crippen molar-refractivity contribution in [3.8, 4) is 0 Å². The van der Waals surface area contributed by atoms with Crippen LogP contribution in [-0.2, 0) is 24.8 Å². The second-order valence-corrected chi connectivity index (χ2v) is 4.28. The van der Waals surface area contributed by atoms with Crippen molar-refractivity contribution in [2.75, 3.05) is 12.4 Å². The number of nitrogens with one attached hydrogen (secondary N) is 1. The van der Waals surface area contributed by atoms with E-state index in [4.69, 9.17) is 0 Å². The molecule has 2 aromatic rings. The molecule has 1 N–H and O–H groups in total. The molecule has 0 saturated heterocycles. The highest BCUT2D eigenvalue weighted by Gasteiger charge is 2.09. The van der Waals surface area contributed by atoms with Gasteiger partial charge in [-0.1, -0.05) is 6.92 Å². The second-order valence-electron chi connectivity index (χ2n) is 4.28. The van der Waals surface area contributed by atoms with Crippen molar-refractivity contribution in [3.63, 3.8) is 0 Å². The monoisotopic (exact) mass is 275 g/mol. The van der Waals surface area contributed by atoms with Crippen LogP contribution in [0.1, 0.15) is 28.7 Å². The summed E-state index contributed by atoms with van der Waals surface area (Å²) in [5.74, 6) is 0.105. The van der Waals surface area contributed by atoms with Gasteiger partial charge in [0, 0.05) is 25.4 Å². The summed E-state index contributed by atoms with van der Waals surface area (Å²) in [7, 11) is 3.21. The minimum Gasteiger partial charge on any atom is -0.464 e. The van der Waals surface area contributed by atoms with Gasteiger partial charge in [-0.3, -0.25) is 4.68 Å². The summed E-state index contributed by atoms with van der Waals surface area (Å²) in [6.45, 7) is 2.68. The number of methoxy groups -OCH3 is 1. The highest BCUT2D eigenvalue weighted by atomic mass is 16.5. The molecular formula is C13H17N5O2. The molecular weight excluding hydrogens is 258 g/mol. The van der Waals surface area contributed by atoms with Crippen molar-refractivity contribution in [1.82, 2.24) is 20.0 Å². The van der Waals surface area contributed by atoms with Crippen molar-refractivity contribution in [2.24, 2.45) is 7.05 Å². The topological polar surface area (TPSA) is 81.9 Å². The fraction of sp³-hybridized carbons (Fsp3) is 0.385. The fourth-order valence-electron chi connectivity index (χ4n) is 1.85. The minimum atomic E-state index is -0.496. The van der Waals surface area contributed by atoms with Gasteiger partial charge in [-0.25, -0.2) is 4.79 Å². The van der Waals surface area contributed by atoms with Crippen molar-refractivity contribution >= 4 is 11.8 Å². The Morgan fingerprint density at radius 1 is 1.40 bits per heavy atom. The van der Waals surface area contributed by atoms with Gasteiger partial charge in [-0.2, -0.15) is 5.10 Å². The van der Waals surface area contributed by atoms with Crippen LogP contribution in [0.2, 0.25) is 0 Å². The van der Waals surface area contributed by atoms with Gasteiger partial charge in [0.2, 0.25) is 0 Å². The van der Waals surface area contributed by atoms with Crippen LogP contribution < -0.4 is 5.32 Å². The van der Waals surface area contributed by atoms with Gasteiger partial charge >= 0.3 is 5.97 Å². The SMILES string of the molecule is CCc1nn(C)cc1CNc1ccc(C(=O)OC)nn1. The summed E-state index contributed by atoms with van der Waals surface area (Å²) in [6, 6.07) is 3.27. The van der Waals surface area contributed by atoms with Crippen LogP contribution in [0.25, 0.3) is 0 Å². The van der Waals surface area contributed by atoms with E-state index in [0.717, 1.165) is 17.7 Å². The van der Waals surface area contributed by atoms with Crippen LogP contribution in [0, 0.1) is 0 Å². The first-order valence-electron chi connectivity index (χ1n) is 6.31. The first-order chi connectivity index (χ1) is 9.63. The van der Waals surface area contributed by atoms with Crippen molar-refractivity contribution in [3.05, 3.63) is 35.3 Å². The Bertz CT molecular complexity index is 591. The van der Waals surface area contributed by atoms with Crippen LogP contribution in [0.3, 0.4) is 0 Å². The molecule has 7 heteroatoms. The molecule has 0 amide bonds. The third kappa shape index (κ3) is 3.11. The van der Waals surface area contributed by atoms with E-state index in [1.165, 1.54) is 7.11 Å². The van der Waals surface area contributed by atoms with E-state index >= 15 is 0 Å². The molecule has 0 aliphatic heterocycles. The average molecular weight is 275 g/mol. The number of hydrogen-bond donors (Lipinski definition) is 1. The summed E-state index contributed by atoms with van der Waals surface area (Å²) < 4.78 is 6.36. The molecule has 2 rings (SSSR count). The molecule has 0 fully saturated rings. The first kappa shape index (κ1) is 14.0. The molecule has 0 radical (unpaired) electrons. The number of aryl methyl sites for hydroxylation is 2. The Kier molecular flexibility index (Phi) is 4.29. The van der Waals surface area contributed by atoms with Crippen molar-refractivity contribution in [2.45, 2.75) is 19.9 Å². The van der Waals surface area contributed by atoms with Crippen molar-refractivity contribution < 1.29 is 9.53 Å². The molecule has 2 heterocycles. The number of hydrogen-bond acceptors (Lipinski definition) is 6. The highest BCUT2D eigenvalue weighted by molar-refractivity contribution is 5.86. The van der Waals surface area contributed by atoms with Gasteiger partial charge in [0.25, 0.3) is 0 Å². The van der Waals surface area contributed by atoms with E-state index in [9.17, 15) is 4.79 Å². The Morgan fingerprint density at radius 2 is 2.20 bits per heavy atom. The normalized spacial score (nSPS) is 10.3. The number of esters is 1. The summed E-state index contributed by atoms with van der Waals surface area (Å²) in [5, 5.41) is 15.3. The molecule has 0 saturated carbocycles. The highest BCUT2D eigenvalue weighted by Crippen LogP contribution is 2.10. The third-order valence-corrected chi connectivity index (χ3v) is 2.85. The van der Waals surface area contributed by atoms with E-state index in [1.807, 2.05) is 13.2 Å². The summed E-state index contributed by atoms with van der Waals surface area (Å²) in [5.41, 5.74) is 2.36. The molecule has 0 aromatic carbocycles. The second kappa shape index (κ2) is 6.14. The number of aromatic nitrogens is 4. The van der Waals surface area contributed by atoms with Gasteiger partial charge in [-0.15, -0.1) is 10.2 Å². The van der Waals surface area contributed by atoms with Crippen molar-refractivity contribution in [1.29, 1.82) is 0 Å². The zero-order valence-electron chi connectivity index (χ0n) is 11.8. The van der Waals surface area contributed by atoms with Crippen LogP contribution in [0.15, 0.2) is 18.3 Å². The standard InChI is InChI=1S/C13H17N5O2/c1-4-10-9(8-18(2)17-10)7-14-12-6-5-11(15-16-12)13(19)20-3/h5-6,8H,4,7H2,1-3H3,(H,14,16). The zero-order chi connectivity index (χ0) is 14.5. The molecule has 0 spiro atoms. The average Bonchev–Trinajstić information content (AvgIpc) is 2.85. The van der Waals surface area contributed by atoms with E-state index < -0.39 is 5.97 Å². The smallest absolute Gasteiger partial charge is 0.358 e. The quantitative estimate of drug-likeness (QED) is 0.825. The van der Waals surface area contributed by atoms with Crippen LogP contribution >= 0.6 is 0 Å². The van der Waals surface area contributed by atoms with E-state index in [1.54, 1.807) is 16.8 Å².